The predicted molar refractivity (Wildman–Crippen MR) is 89.6 cm³/mol. The van der Waals surface area contributed by atoms with Gasteiger partial charge in [0.05, 0.1) is 26.3 Å². The lowest BCUT2D eigenvalue weighted by Crippen LogP contribution is -2.29. The number of halogens is 3. The average molecular weight is 383 g/mol. The summed E-state index contributed by atoms with van der Waals surface area (Å²) in [4.78, 5) is 23.8. The van der Waals surface area contributed by atoms with Gasteiger partial charge in [-0.2, -0.15) is 13.2 Å². The maximum Gasteiger partial charge on any atom is 0.391 e. The van der Waals surface area contributed by atoms with Gasteiger partial charge in [-0.25, -0.2) is 4.79 Å². The Balaban J connectivity index is 2.34. The zero-order chi connectivity index (χ0) is 19.9. The number of carbonyl (C=O) groups is 1. The number of methoxy groups -OCH3 is 2. The predicted octanol–water partition coefficient (Wildman–Crippen LogP) is 3.28. The molecule has 0 saturated carbocycles. The van der Waals surface area contributed by atoms with E-state index in [1.165, 1.54) is 37.1 Å². The Morgan fingerprint density at radius 2 is 1.89 bits per heavy atom. The molecule has 9 heteroatoms. The number of nitrogens with zero attached hydrogens (tertiary/aromatic N) is 1. The van der Waals surface area contributed by atoms with Crippen LogP contribution >= 0.6 is 0 Å². The molecule has 1 aromatic heterocycles. The molecule has 1 aromatic carbocycles. The van der Waals surface area contributed by atoms with E-state index in [0.717, 1.165) is 6.07 Å². The Bertz CT molecular complexity index is 965. The van der Waals surface area contributed by atoms with Crippen LogP contribution in [0.2, 0.25) is 0 Å². The molecule has 0 amide bonds. The summed E-state index contributed by atoms with van der Waals surface area (Å²) in [6.07, 6.45) is -4.40. The number of hydrogen-bond acceptors (Lipinski definition) is 4. The Labute approximate surface area is 151 Å². The lowest BCUT2D eigenvalue weighted by Gasteiger charge is -2.32. The Hall–Kier alpha value is -2.97. The van der Waals surface area contributed by atoms with E-state index in [-0.39, 0.29) is 17.9 Å². The Morgan fingerprint density at radius 3 is 2.44 bits per heavy atom. The number of fused-ring (bicyclic) bond motifs is 3. The molecule has 0 saturated heterocycles. The first-order chi connectivity index (χ1) is 12.7. The average Bonchev–Trinajstić information content (AvgIpc) is 2.58. The van der Waals surface area contributed by atoms with Crippen molar-refractivity contribution in [3.8, 4) is 22.8 Å². The second-order valence-electron chi connectivity index (χ2n) is 6.16. The molecule has 27 heavy (non-hydrogen) atoms. The van der Waals surface area contributed by atoms with Gasteiger partial charge >= 0.3 is 12.1 Å². The fraction of sp³-hybridized carbons (Fsp3) is 0.333. The van der Waals surface area contributed by atoms with Crippen molar-refractivity contribution in [1.29, 1.82) is 0 Å². The molecule has 0 bridgehead atoms. The van der Waals surface area contributed by atoms with E-state index in [9.17, 15) is 27.9 Å². The van der Waals surface area contributed by atoms with Gasteiger partial charge in [-0.15, -0.1) is 0 Å². The van der Waals surface area contributed by atoms with E-state index in [1.54, 1.807) is 0 Å². The molecule has 144 valence electrons. The van der Waals surface area contributed by atoms with Crippen LogP contribution in [0.4, 0.5) is 13.2 Å². The number of carboxylic acids is 1. The molecule has 1 unspecified atom stereocenters. The van der Waals surface area contributed by atoms with Crippen molar-refractivity contribution in [2.45, 2.75) is 25.1 Å². The highest BCUT2D eigenvalue weighted by atomic mass is 19.4. The Kier molecular flexibility index (Phi) is 4.63. The van der Waals surface area contributed by atoms with E-state index in [4.69, 9.17) is 9.47 Å². The fourth-order valence-electron chi connectivity index (χ4n) is 3.44. The molecule has 0 fully saturated rings. The van der Waals surface area contributed by atoms with Crippen LogP contribution in [-0.2, 0) is 6.42 Å². The molecule has 0 radical (unpaired) electrons. The van der Waals surface area contributed by atoms with Crippen LogP contribution < -0.4 is 14.9 Å². The van der Waals surface area contributed by atoms with Crippen molar-refractivity contribution in [2.24, 2.45) is 0 Å². The van der Waals surface area contributed by atoms with Gasteiger partial charge < -0.3 is 19.1 Å². The summed E-state index contributed by atoms with van der Waals surface area (Å²) in [6, 6.07) is 2.89. The van der Waals surface area contributed by atoms with Gasteiger partial charge in [0.25, 0.3) is 0 Å². The summed E-state index contributed by atoms with van der Waals surface area (Å²) in [7, 11) is 2.77. The molecule has 3 rings (SSSR count). The number of hydrogen-bond donors (Lipinski definition) is 1. The van der Waals surface area contributed by atoms with Gasteiger partial charge in [-0.1, -0.05) is 0 Å². The topological polar surface area (TPSA) is 77.8 Å². The number of benzene rings is 1. The van der Waals surface area contributed by atoms with E-state index in [2.05, 4.69) is 0 Å². The largest absolute Gasteiger partial charge is 0.493 e. The molecule has 6 nitrogen and oxygen atoms in total. The third kappa shape index (κ3) is 3.36. The molecule has 2 aromatic rings. The minimum atomic E-state index is -4.46. The second-order valence-corrected chi connectivity index (χ2v) is 6.16. The first-order valence-corrected chi connectivity index (χ1v) is 7.96. The first-order valence-electron chi connectivity index (χ1n) is 7.96. The summed E-state index contributed by atoms with van der Waals surface area (Å²) < 4.78 is 50.9. The minimum absolute atomic E-state index is 0.00409. The van der Waals surface area contributed by atoms with Gasteiger partial charge in [0.1, 0.15) is 5.56 Å². The van der Waals surface area contributed by atoms with Crippen LogP contribution in [0.5, 0.6) is 11.5 Å². The summed E-state index contributed by atoms with van der Waals surface area (Å²) in [5.41, 5.74) is -0.623. The van der Waals surface area contributed by atoms with Crippen LogP contribution in [0.15, 0.2) is 29.2 Å². The van der Waals surface area contributed by atoms with Crippen molar-refractivity contribution in [3.05, 3.63) is 45.7 Å². The maximum absolute atomic E-state index is 13.1. The van der Waals surface area contributed by atoms with Crippen molar-refractivity contribution < 1.29 is 32.5 Å². The lowest BCUT2D eigenvalue weighted by molar-refractivity contribution is -0.142. The molecule has 0 spiro atoms. The van der Waals surface area contributed by atoms with Gasteiger partial charge in [-0.3, -0.25) is 4.79 Å². The van der Waals surface area contributed by atoms with Gasteiger partial charge in [0.2, 0.25) is 0 Å². The molecular weight excluding hydrogens is 367 g/mol. The summed E-state index contributed by atoms with van der Waals surface area (Å²) >= 11 is 0. The molecular formula is C18H16F3NO5. The normalized spacial score (nSPS) is 15.7. The fourth-order valence-corrected chi connectivity index (χ4v) is 3.44. The highest BCUT2D eigenvalue weighted by molar-refractivity contribution is 5.96. The second kappa shape index (κ2) is 6.64. The smallest absolute Gasteiger partial charge is 0.391 e. The van der Waals surface area contributed by atoms with E-state index < -0.39 is 35.6 Å². The monoisotopic (exact) mass is 383 g/mol. The van der Waals surface area contributed by atoms with Crippen molar-refractivity contribution >= 4 is 5.97 Å². The lowest BCUT2D eigenvalue weighted by atomic mass is 9.88. The maximum atomic E-state index is 13.1. The zero-order valence-corrected chi connectivity index (χ0v) is 14.5. The third-order valence-electron chi connectivity index (χ3n) is 4.52. The van der Waals surface area contributed by atoms with Crippen LogP contribution in [0.25, 0.3) is 11.3 Å². The summed E-state index contributed by atoms with van der Waals surface area (Å²) in [5, 5.41) is 9.50. The quantitative estimate of drug-likeness (QED) is 0.877. The standard InChI is InChI=1S/C18H16F3NO5/c1-26-13-6-9-5-10(8-18(19,20)21)22-4-3-12(23)15(17(24)25)16(22)11(9)7-14(13)27-2/h3-4,6-7,10H,5,8H2,1-2H3,(H,24,25). The van der Waals surface area contributed by atoms with Gasteiger partial charge in [0, 0.05) is 23.9 Å². The van der Waals surface area contributed by atoms with E-state index >= 15 is 0 Å². The van der Waals surface area contributed by atoms with E-state index in [1.807, 2.05) is 0 Å². The summed E-state index contributed by atoms with van der Waals surface area (Å²) in [6.45, 7) is 0. The third-order valence-corrected chi connectivity index (χ3v) is 4.52. The highest BCUT2D eigenvalue weighted by Crippen LogP contribution is 2.44. The molecule has 1 aliphatic rings. The van der Waals surface area contributed by atoms with E-state index in [0.29, 0.717) is 16.9 Å². The Morgan fingerprint density at radius 1 is 1.26 bits per heavy atom. The molecule has 2 heterocycles. The minimum Gasteiger partial charge on any atom is -0.493 e. The number of rotatable bonds is 4. The van der Waals surface area contributed by atoms with Crippen LogP contribution in [0, 0.1) is 0 Å². The molecule has 0 aliphatic carbocycles. The number of aromatic nitrogens is 1. The highest BCUT2D eigenvalue weighted by Gasteiger charge is 2.37. The number of alkyl halides is 3. The summed E-state index contributed by atoms with van der Waals surface area (Å²) in [5.74, 6) is -0.909. The van der Waals surface area contributed by atoms with Crippen LogP contribution in [-0.4, -0.2) is 36.0 Å². The van der Waals surface area contributed by atoms with Gasteiger partial charge in [0.15, 0.2) is 16.9 Å². The van der Waals surface area contributed by atoms with Gasteiger partial charge in [-0.05, 0) is 24.1 Å². The number of carboxylic acid groups (broad SMARTS) is 1. The van der Waals surface area contributed by atoms with Crippen LogP contribution in [0.3, 0.4) is 0 Å². The molecule has 1 atom stereocenters. The van der Waals surface area contributed by atoms with Crippen molar-refractivity contribution in [1.82, 2.24) is 4.57 Å². The number of aromatic carboxylic acids is 1. The molecule has 1 aliphatic heterocycles. The zero-order valence-electron chi connectivity index (χ0n) is 14.5. The van der Waals surface area contributed by atoms with Crippen LogP contribution in [0.1, 0.15) is 28.4 Å². The molecule has 1 N–H and O–H groups in total. The number of pyridine rings is 1. The first kappa shape index (κ1) is 18.8. The number of ether oxygens (including phenoxy) is 2. The van der Waals surface area contributed by atoms with Crippen molar-refractivity contribution in [2.75, 3.05) is 14.2 Å². The SMILES string of the molecule is COc1cc2c(cc1OC)-c1c(C(=O)O)c(=O)ccn1C(CC(F)(F)F)C2. The van der Waals surface area contributed by atoms with Crippen molar-refractivity contribution in [3.63, 3.8) is 0 Å².